The minimum Gasteiger partial charge on any atom is -0.360 e. The molecule has 7 heteroatoms. The molecule has 1 saturated carbocycles. The number of anilines is 1. The smallest absolute Gasteiger partial charge is 0.171 e. The van der Waals surface area contributed by atoms with Crippen molar-refractivity contribution >= 4 is 46.2 Å². The highest BCUT2D eigenvalue weighted by atomic mass is 35.5. The summed E-state index contributed by atoms with van der Waals surface area (Å²) < 4.78 is 1.79. The van der Waals surface area contributed by atoms with Crippen molar-refractivity contribution in [1.29, 1.82) is 0 Å². The fraction of sp³-hybridized carbons (Fsp3) is 0.375. The third-order valence-corrected chi connectivity index (χ3v) is 4.89. The molecular formula is C16H18Cl2N4S. The van der Waals surface area contributed by atoms with E-state index < -0.39 is 0 Å². The molecule has 0 aliphatic heterocycles. The molecule has 2 aromatic rings. The SMILES string of the molecule is S=C(Nc1cnn(Cc2c(Cl)cccc2Cl)c1)NC1CCCC1. The maximum Gasteiger partial charge on any atom is 0.171 e. The van der Waals surface area contributed by atoms with Gasteiger partial charge in [0.2, 0.25) is 0 Å². The number of aromatic nitrogens is 2. The summed E-state index contributed by atoms with van der Waals surface area (Å²) >= 11 is 17.7. The monoisotopic (exact) mass is 368 g/mol. The molecular weight excluding hydrogens is 351 g/mol. The molecule has 4 nitrogen and oxygen atoms in total. The van der Waals surface area contributed by atoms with E-state index in [0.717, 1.165) is 11.3 Å². The Hall–Kier alpha value is -1.30. The summed E-state index contributed by atoms with van der Waals surface area (Å²) in [4.78, 5) is 0. The molecule has 0 radical (unpaired) electrons. The second-order valence-corrected chi connectivity index (χ2v) is 6.93. The quantitative estimate of drug-likeness (QED) is 0.781. The fourth-order valence-electron chi connectivity index (χ4n) is 2.78. The third-order valence-electron chi connectivity index (χ3n) is 3.96. The average molecular weight is 369 g/mol. The Morgan fingerprint density at radius 3 is 2.65 bits per heavy atom. The first-order valence-electron chi connectivity index (χ1n) is 7.64. The third kappa shape index (κ3) is 4.37. The zero-order valence-corrected chi connectivity index (χ0v) is 14.9. The summed E-state index contributed by atoms with van der Waals surface area (Å²) in [7, 11) is 0. The second-order valence-electron chi connectivity index (χ2n) is 5.71. The van der Waals surface area contributed by atoms with Crippen LogP contribution in [-0.4, -0.2) is 20.9 Å². The minimum atomic E-state index is 0.493. The first-order valence-corrected chi connectivity index (χ1v) is 8.81. The molecule has 1 heterocycles. The molecule has 0 saturated heterocycles. The lowest BCUT2D eigenvalue weighted by Crippen LogP contribution is -2.35. The van der Waals surface area contributed by atoms with Gasteiger partial charge in [0.1, 0.15) is 0 Å². The number of halogens is 2. The Bertz CT molecular complexity index is 675. The maximum atomic E-state index is 6.19. The van der Waals surface area contributed by atoms with Crippen LogP contribution in [0, 0.1) is 0 Å². The number of thiocarbonyl (C=S) groups is 1. The van der Waals surface area contributed by atoms with E-state index in [1.165, 1.54) is 25.7 Å². The van der Waals surface area contributed by atoms with E-state index in [0.29, 0.717) is 27.7 Å². The van der Waals surface area contributed by atoms with Gasteiger partial charge >= 0.3 is 0 Å². The molecule has 0 spiro atoms. The van der Waals surface area contributed by atoms with Crippen LogP contribution in [-0.2, 0) is 6.54 Å². The van der Waals surface area contributed by atoms with Crippen molar-refractivity contribution in [3.05, 3.63) is 46.2 Å². The van der Waals surface area contributed by atoms with Gasteiger partial charge in [0, 0.05) is 27.8 Å². The molecule has 0 bridgehead atoms. The Balaban J connectivity index is 1.60. The summed E-state index contributed by atoms with van der Waals surface area (Å²) in [5, 5.41) is 12.8. The number of nitrogens with one attached hydrogen (secondary N) is 2. The van der Waals surface area contributed by atoms with Crippen molar-refractivity contribution in [2.75, 3.05) is 5.32 Å². The molecule has 122 valence electrons. The Morgan fingerprint density at radius 1 is 1.26 bits per heavy atom. The lowest BCUT2D eigenvalue weighted by Gasteiger charge is -2.14. The normalized spacial score (nSPS) is 14.9. The topological polar surface area (TPSA) is 41.9 Å². The molecule has 0 amide bonds. The molecule has 2 N–H and O–H groups in total. The van der Waals surface area contributed by atoms with Crippen LogP contribution >= 0.6 is 35.4 Å². The Morgan fingerprint density at radius 2 is 1.96 bits per heavy atom. The van der Waals surface area contributed by atoms with E-state index in [1.54, 1.807) is 10.9 Å². The maximum absolute atomic E-state index is 6.19. The largest absolute Gasteiger partial charge is 0.360 e. The predicted molar refractivity (Wildman–Crippen MR) is 99.4 cm³/mol. The van der Waals surface area contributed by atoms with Crippen molar-refractivity contribution in [3.63, 3.8) is 0 Å². The lowest BCUT2D eigenvalue weighted by atomic mass is 10.2. The second kappa shape index (κ2) is 7.51. The van der Waals surface area contributed by atoms with Gasteiger partial charge in [-0.2, -0.15) is 5.10 Å². The predicted octanol–water partition coefficient (Wildman–Crippen LogP) is 4.47. The zero-order chi connectivity index (χ0) is 16.2. The first-order chi connectivity index (χ1) is 11.1. The van der Waals surface area contributed by atoms with E-state index in [4.69, 9.17) is 35.4 Å². The highest BCUT2D eigenvalue weighted by molar-refractivity contribution is 7.80. The molecule has 1 fully saturated rings. The number of rotatable bonds is 4. The van der Waals surface area contributed by atoms with Crippen molar-refractivity contribution in [2.45, 2.75) is 38.3 Å². The Kier molecular flexibility index (Phi) is 5.41. The Labute approximate surface area is 151 Å². The standard InChI is InChI=1S/C16H18Cl2N4S/c17-14-6-3-7-15(18)13(14)10-22-9-12(8-19-22)21-16(23)20-11-4-1-2-5-11/h3,6-9,11H,1-2,4-5,10H2,(H2,20,21,23). The molecule has 1 aromatic heterocycles. The van der Waals surface area contributed by atoms with Gasteiger partial charge in [0.25, 0.3) is 0 Å². The summed E-state index contributed by atoms with van der Waals surface area (Å²) in [5.74, 6) is 0. The van der Waals surface area contributed by atoms with Gasteiger partial charge < -0.3 is 10.6 Å². The highest BCUT2D eigenvalue weighted by Gasteiger charge is 2.15. The van der Waals surface area contributed by atoms with Gasteiger partial charge in [-0.3, -0.25) is 4.68 Å². The first kappa shape index (κ1) is 16.6. The number of hydrogen-bond acceptors (Lipinski definition) is 2. The number of benzene rings is 1. The molecule has 0 unspecified atom stereocenters. The van der Waals surface area contributed by atoms with Gasteiger partial charge in [0.05, 0.1) is 18.4 Å². The summed E-state index contributed by atoms with van der Waals surface area (Å²) in [5.41, 5.74) is 1.71. The highest BCUT2D eigenvalue weighted by Crippen LogP contribution is 2.25. The van der Waals surface area contributed by atoms with Crippen molar-refractivity contribution < 1.29 is 0 Å². The van der Waals surface area contributed by atoms with Crippen molar-refractivity contribution in [3.8, 4) is 0 Å². The zero-order valence-electron chi connectivity index (χ0n) is 12.6. The van der Waals surface area contributed by atoms with Crippen LogP contribution in [0.5, 0.6) is 0 Å². The van der Waals surface area contributed by atoms with Crippen LogP contribution in [0.4, 0.5) is 5.69 Å². The van der Waals surface area contributed by atoms with Gasteiger partial charge in [-0.1, -0.05) is 42.1 Å². The van der Waals surface area contributed by atoms with Crippen LogP contribution in [0.15, 0.2) is 30.6 Å². The van der Waals surface area contributed by atoms with Crippen molar-refractivity contribution in [2.24, 2.45) is 0 Å². The van der Waals surface area contributed by atoms with E-state index in [9.17, 15) is 0 Å². The molecule has 23 heavy (non-hydrogen) atoms. The van der Waals surface area contributed by atoms with Crippen LogP contribution in [0.25, 0.3) is 0 Å². The minimum absolute atomic E-state index is 0.493. The molecule has 0 atom stereocenters. The van der Waals surface area contributed by atoms with E-state index >= 15 is 0 Å². The van der Waals surface area contributed by atoms with Crippen LogP contribution in [0.3, 0.4) is 0 Å². The summed E-state index contributed by atoms with van der Waals surface area (Å²) in [6.07, 6.45) is 8.56. The van der Waals surface area contributed by atoms with Gasteiger partial charge in [-0.15, -0.1) is 0 Å². The van der Waals surface area contributed by atoms with E-state index in [1.807, 2.05) is 24.4 Å². The lowest BCUT2D eigenvalue weighted by molar-refractivity contribution is 0.634. The molecule has 1 aromatic carbocycles. The van der Waals surface area contributed by atoms with Gasteiger partial charge in [-0.25, -0.2) is 0 Å². The van der Waals surface area contributed by atoms with E-state index in [2.05, 4.69) is 15.7 Å². The van der Waals surface area contributed by atoms with Crippen LogP contribution < -0.4 is 10.6 Å². The molecule has 1 aliphatic rings. The van der Waals surface area contributed by atoms with Crippen molar-refractivity contribution in [1.82, 2.24) is 15.1 Å². The number of hydrogen-bond donors (Lipinski definition) is 2. The molecule has 3 rings (SSSR count). The fourth-order valence-corrected chi connectivity index (χ4v) is 3.58. The average Bonchev–Trinajstić information content (AvgIpc) is 3.15. The van der Waals surface area contributed by atoms with Gasteiger partial charge in [-0.05, 0) is 37.2 Å². The number of nitrogens with zero attached hydrogens (tertiary/aromatic N) is 2. The van der Waals surface area contributed by atoms with E-state index in [-0.39, 0.29) is 0 Å². The summed E-state index contributed by atoms with van der Waals surface area (Å²) in [6, 6.07) is 5.97. The van der Waals surface area contributed by atoms with Crippen LogP contribution in [0.2, 0.25) is 10.0 Å². The van der Waals surface area contributed by atoms with Gasteiger partial charge in [0.15, 0.2) is 5.11 Å². The van der Waals surface area contributed by atoms with Crippen LogP contribution in [0.1, 0.15) is 31.2 Å². The summed E-state index contributed by atoms with van der Waals surface area (Å²) in [6.45, 7) is 0.517. The molecule has 1 aliphatic carbocycles.